The monoisotopic (exact) mass is 350 g/mol. The maximum atomic E-state index is 12.0. The van der Waals surface area contributed by atoms with Crippen LogP contribution in [0.5, 0.6) is 5.75 Å². The Kier molecular flexibility index (Phi) is 5.72. The minimum absolute atomic E-state index is 0.0773. The van der Waals surface area contributed by atoms with Crippen LogP contribution < -0.4 is 15.0 Å². The maximum Gasteiger partial charge on any atom is 0.262 e. The molecule has 134 valence electrons. The summed E-state index contributed by atoms with van der Waals surface area (Å²) in [4.78, 5) is 16.7. The number of hydrogen-bond donors (Lipinski definition) is 1. The molecule has 1 saturated heterocycles. The number of benzene rings is 2. The summed E-state index contributed by atoms with van der Waals surface area (Å²) in [6.45, 7) is 4.07. The van der Waals surface area contributed by atoms with E-state index >= 15 is 0 Å². The summed E-state index contributed by atoms with van der Waals surface area (Å²) >= 11 is 0. The van der Waals surface area contributed by atoms with Gasteiger partial charge in [-0.3, -0.25) is 4.79 Å². The van der Waals surface area contributed by atoms with Gasteiger partial charge in [0.1, 0.15) is 5.75 Å². The number of piperazine rings is 1. The van der Waals surface area contributed by atoms with Gasteiger partial charge in [0.15, 0.2) is 6.61 Å². The molecule has 6 nitrogen and oxygen atoms in total. The van der Waals surface area contributed by atoms with E-state index in [2.05, 4.69) is 22.2 Å². The van der Waals surface area contributed by atoms with Crippen LogP contribution >= 0.6 is 0 Å². The second kappa shape index (κ2) is 8.37. The highest BCUT2D eigenvalue weighted by molar-refractivity contribution is 5.92. The van der Waals surface area contributed by atoms with Crippen molar-refractivity contribution in [3.63, 3.8) is 0 Å². The summed E-state index contributed by atoms with van der Waals surface area (Å²) in [7, 11) is 2.13. The van der Waals surface area contributed by atoms with E-state index in [1.165, 1.54) is 5.69 Å². The zero-order valence-corrected chi connectivity index (χ0v) is 14.8. The van der Waals surface area contributed by atoms with Crippen LogP contribution in [0.2, 0.25) is 0 Å². The number of ether oxygens (including phenoxy) is 1. The lowest BCUT2D eigenvalue weighted by Gasteiger charge is -2.34. The van der Waals surface area contributed by atoms with Crippen molar-refractivity contribution < 1.29 is 9.53 Å². The number of amides is 1. The highest BCUT2D eigenvalue weighted by Gasteiger charge is 2.14. The third-order valence-corrected chi connectivity index (χ3v) is 4.37. The standard InChI is InChI=1S/C20H22N4O2/c1-23-10-12-24(13-11-23)18-6-4-17(5-7-18)22-20(25)15-26-19-8-2-16(14-21)3-9-19/h2-9H,10-13,15H2,1H3,(H,22,25). The Morgan fingerprint density at radius 2 is 1.73 bits per heavy atom. The van der Waals surface area contributed by atoms with Crippen LogP contribution in [0.25, 0.3) is 0 Å². The first kappa shape index (κ1) is 17.8. The molecule has 2 aromatic rings. The Labute approximate surface area is 153 Å². The van der Waals surface area contributed by atoms with Crippen molar-refractivity contribution in [2.24, 2.45) is 0 Å². The van der Waals surface area contributed by atoms with Crippen molar-refractivity contribution in [1.82, 2.24) is 4.90 Å². The van der Waals surface area contributed by atoms with E-state index in [9.17, 15) is 4.79 Å². The molecule has 0 unspecified atom stereocenters. The van der Waals surface area contributed by atoms with Crippen LogP contribution in [-0.2, 0) is 4.79 Å². The molecule has 1 N–H and O–H groups in total. The van der Waals surface area contributed by atoms with E-state index in [0.29, 0.717) is 11.3 Å². The van der Waals surface area contributed by atoms with Crippen molar-refractivity contribution in [2.75, 3.05) is 50.1 Å². The molecular formula is C20H22N4O2. The van der Waals surface area contributed by atoms with Gasteiger partial charge in [0.2, 0.25) is 0 Å². The number of likely N-dealkylation sites (N-methyl/N-ethyl adjacent to an activating group) is 1. The normalized spacial score (nSPS) is 14.5. The first-order valence-corrected chi connectivity index (χ1v) is 8.60. The van der Waals surface area contributed by atoms with Gasteiger partial charge in [0.25, 0.3) is 5.91 Å². The number of nitrogens with one attached hydrogen (secondary N) is 1. The molecule has 2 aromatic carbocycles. The van der Waals surface area contributed by atoms with Gasteiger partial charge in [-0.1, -0.05) is 0 Å². The zero-order valence-electron chi connectivity index (χ0n) is 14.8. The highest BCUT2D eigenvalue weighted by Crippen LogP contribution is 2.19. The van der Waals surface area contributed by atoms with E-state index < -0.39 is 0 Å². The molecule has 0 bridgehead atoms. The predicted octanol–water partition coefficient (Wildman–Crippen LogP) is 2.33. The molecule has 6 heteroatoms. The second-order valence-corrected chi connectivity index (χ2v) is 6.31. The molecule has 0 spiro atoms. The van der Waals surface area contributed by atoms with Crippen LogP contribution in [0, 0.1) is 11.3 Å². The van der Waals surface area contributed by atoms with E-state index in [0.717, 1.165) is 31.9 Å². The third-order valence-electron chi connectivity index (χ3n) is 4.37. The van der Waals surface area contributed by atoms with E-state index in [4.69, 9.17) is 10.00 Å². The molecular weight excluding hydrogens is 328 g/mol. The Balaban J connectivity index is 1.48. The number of carbonyl (C=O) groups is 1. The fraction of sp³-hybridized carbons (Fsp3) is 0.300. The first-order chi connectivity index (χ1) is 12.6. The average molecular weight is 350 g/mol. The van der Waals surface area contributed by atoms with Gasteiger partial charge in [0.05, 0.1) is 11.6 Å². The Bertz CT molecular complexity index is 773. The van der Waals surface area contributed by atoms with Gasteiger partial charge in [-0.15, -0.1) is 0 Å². The third kappa shape index (κ3) is 4.74. The largest absolute Gasteiger partial charge is 0.484 e. The molecule has 1 amide bonds. The van der Waals surface area contributed by atoms with E-state index in [-0.39, 0.29) is 12.5 Å². The van der Waals surface area contributed by atoms with Gasteiger partial charge in [-0.05, 0) is 55.6 Å². The minimum Gasteiger partial charge on any atom is -0.484 e. The molecule has 1 aliphatic rings. The lowest BCUT2D eigenvalue weighted by atomic mass is 10.2. The number of nitriles is 1. The average Bonchev–Trinajstić information content (AvgIpc) is 2.68. The first-order valence-electron chi connectivity index (χ1n) is 8.60. The SMILES string of the molecule is CN1CCN(c2ccc(NC(=O)COc3ccc(C#N)cc3)cc2)CC1. The van der Waals surface area contributed by atoms with E-state index in [1.807, 2.05) is 30.3 Å². The summed E-state index contributed by atoms with van der Waals surface area (Å²) in [5.74, 6) is 0.339. The molecule has 26 heavy (non-hydrogen) atoms. The predicted molar refractivity (Wildman–Crippen MR) is 101 cm³/mol. The Morgan fingerprint density at radius 3 is 2.35 bits per heavy atom. The molecule has 3 rings (SSSR count). The highest BCUT2D eigenvalue weighted by atomic mass is 16.5. The molecule has 0 radical (unpaired) electrons. The number of anilines is 2. The fourth-order valence-electron chi connectivity index (χ4n) is 2.79. The van der Waals surface area contributed by atoms with Crippen LogP contribution in [0.15, 0.2) is 48.5 Å². The smallest absolute Gasteiger partial charge is 0.262 e. The van der Waals surface area contributed by atoms with E-state index in [1.54, 1.807) is 24.3 Å². The summed E-state index contributed by atoms with van der Waals surface area (Å²) in [5.41, 5.74) is 2.48. The van der Waals surface area contributed by atoms with Crippen LogP contribution in [0.4, 0.5) is 11.4 Å². The summed E-state index contributed by atoms with van der Waals surface area (Å²) < 4.78 is 5.43. The van der Waals surface area contributed by atoms with Crippen molar-refractivity contribution in [2.45, 2.75) is 0 Å². The number of nitrogens with zero attached hydrogens (tertiary/aromatic N) is 3. The molecule has 0 atom stereocenters. The van der Waals surface area contributed by atoms with Crippen LogP contribution in [0.1, 0.15) is 5.56 Å². The van der Waals surface area contributed by atoms with Crippen molar-refractivity contribution in [3.8, 4) is 11.8 Å². The molecule has 0 aliphatic carbocycles. The molecule has 0 aromatic heterocycles. The number of carbonyl (C=O) groups excluding carboxylic acids is 1. The molecule has 1 heterocycles. The lowest BCUT2D eigenvalue weighted by molar-refractivity contribution is -0.118. The summed E-state index contributed by atoms with van der Waals surface area (Å²) in [6, 6.07) is 16.6. The maximum absolute atomic E-state index is 12.0. The van der Waals surface area contributed by atoms with Crippen molar-refractivity contribution in [1.29, 1.82) is 5.26 Å². The van der Waals surface area contributed by atoms with Crippen LogP contribution in [0.3, 0.4) is 0 Å². The van der Waals surface area contributed by atoms with Crippen molar-refractivity contribution in [3.05, 3.63) is 54.1 Å². The summed E-state index contributed by atoms with van der Waals surface area (Å²) in [5, 5.41) is 11.6. The number of hydrogen-bond acceptors (Lipinski definition) is 5. The molecule has 1 aliphatic heterocycles. The summed E-state index contributed by atoms with van der Waals surface area (Å²) in [6.07, 6.45) is 0. The van der Waals surface area contributed by atoms with Gasteiger partial charge >= 0.3 is 0 Å². The number of rotatable bonds is 5. The lowest BCUT2D eigenvalue weighted by Crippen LogP contribution is -2.44. The van der Waals surface area contributed by atoms with Crippen molar-refractivity contribution >= 4 is 17.3 Å². The van der Waals surface area contributed by atoms with Gasteiger partial charge in [0, 0.05) is 37.6 Å². The molecule has 1 fully saturated rings. The fourth-order valence-corrected chi connectivity index (χ4v) is 2.79. The molecule has 0 saturated carbocycles. The Morgan fingerprint density at radius 1 is 1.08 bits per heavy atom. The van der Waals surface area contributed by atoms with Gasteiger partial charge in [-0.2, -0.15) is 5.26 Å². The second-order valence-electron chi connectivity index (χ2n) is 6.31. The topological polar surface area (TPSA) is 68.6 Å². The quantitative estimate of drug-likeness (QED) is 0.896. The Hall–Kier alpha value is -3.04. The van der Waals surface area contributed by atoms with Gasteiger partial charge in [-0.25, -0.2) is 0 Å². The van der Waals surface area contributed by atoms with Gasteiger partial charge < -0.3 is 19.9 Å². The minimum atomic E-state index is -0.221. The zero-order chi connectivity index (χ0) is 18.4. The van der Waals surface area contributed by atoms with Crippen LogP contribution in [-0.4, -0.2) is 50.6 Å².